The molecule has 2 atom stereocenters. The van der Waals surface area contributed by atoms with Crippen molar-refractivity contribution in [2.45, 2.75) is 32.9 Å². The van der Waals surface area contributed by atoms with Gasteiger partial charge in [-0.2, -0.15) is 0 Å². The number of hydrogen-bond acceptors (Lipinski definition) is 3. The summed E-state index contributed by atoms with van der Waals surface area (Å²) in [6.07, 6.45) is 0.701. The molecule has 0 saturated carbocycles. The first-order chi connectivity index (χ1) is 8.70. The third-order valence-corrected chi connectivity index (χ3v) is 3.43. The Labute approximate surface area is 108 Å². The Balaban J connectivity index is 1.87. The summed E-state index contributed by atoms with van der Waals surface area (Å²) in [6.45, 7) is 5.41. The zero-order chi connectivity index (χ0) is 13.0. The van der Waals surface area contributed by atoms with Gasteiger partial charge < -0.3 is 14.8 Å². The summed E-state index contributed by atoms with van der Waals surface area (Å²) in [6, 6.07) is 10.0. The average molecular weight is 247 g/mol. The Kier molecular flexibility index (Phi) is 4.39. The van der Waals surface area contributed by atoms with Crippen LogP contribution in [-0.4, -0.2) is 17.8 Å². The normalized spacial score (nSPS) is 14.8. The van der Waals surface area contributed by atoms with Gasteiger partial charge in [-0.3, -0.25) is 0 Å². The summed E-state index contributed by atoms with van der Waals surface area (Å²) >= 11 is 0. The molecule has 1 aromatic carbocycles. The molecule has 1 heterocycles. The lowest BCUT2D eigenvalue weighted by Gasteiger charge is -2.17. The number of aliphatic hydroxyl groups is 1. The van der Waals surface area contributed by atoms with Crippen molar-refractivity contribution < 1.29 is 9.52 Å². The molecule has 0 spiro atoms. The monoisotopic (exact) mass is 247 g/mol. The van der Waals surface area contributed by atoms with E-state index < -0.39 is 0 Å². The summed E-state index contributed by atoms with van der Waals surface area (Å²) in [4.78, 5) is 0. The summed E-state index contributed by atoms with van der Waals surface area (Å²) in [5.41, 5.74) is 0.914. The molecule has 0 aliphatic rings. The molecule has 2 N–H and O–H groups in total. The second-order valence-corrected chi connectivity index (χ2v) is 4.83. The number of fused-ring (bicyclic) bond motifs is 1. The van der Waals surface area contributed by atoms with Gasteiger partial charge in [-0.25, -0.2) is 0 Å². The Bertz CT molecular complexity index is 459. The van der Waals surface area contributed by atoms with Crippen LogP contribution in [0.3, 0.4) is 0 Å². The summed E-state index contributed by atoms with van der Waals surface area (Å²) in [5.74, 6) is 1.24. The highest BCUT2D eigenvalue weighted by Crippen LogP contribution is 2.18. The number of furan rings is 1. The fourth-order valence-corrected chi connectivity index (χ4v) is 1.94. The highest BCUT2D eigenvalue weighted by atomic mass is 16.3. The Morgan fingerprint density at radius 2 is 2.11 bits per heavy atom. The lowest BCUT2D eigenvalue weighted by Crippen LogP contribution is -2.31. The smallest absolute Gasteiger partial charge is 0.134 e. The minimum absolute atomic E-state index is 0.292. The Morgan fingerprint density at radius 1 is 1.33 bits per heavy atom. The van der Waals surface area contributed by atoms with Crippen molar-refractivity contribution in [1.82, 2.24) is 5.32 Å². The zero-order valence-electron chi connectivity index (χ0n) is 11.0. The van der Waals surface area contributed by atoms with E-state index in [1.165, 1.54) is 0 Å². The molecule has 0 fully saturated rings. The highest BCUT2D eigenvalue weighted by molar-refractivity contribution is 5.77. The Hall–Kier alpha value is -1.32. The number of hydrogen-bond donors (Lipinski definition) is 2. The average Bonchev–Trinajstić information content (AvgIpc) is 2.80. The molecule has 1 aromatic heterocycles. The highest BCUT2D eigenvalue weighted by Gasteiger charge is 2.11. The molecule has 2 aromatic rings. The molecule has 0 aliphatic carbocycles. The Morgan fingerprint density at radius 3 is 2.83 bits per heavy atom. The van der Waals surface area contributed by atoms with Gasteiger partial charge in [0.05, 0.1) is 12.6 Å². The van der Waals surface area contributed by atoms with Crippen LogP contribution in [0, 0.1) is 5.92 Å². The van der Waals surface area contributed by atoms with Crippen molar-refractivity contribution in [2.24, 2.45) is 5.92 Å². The maximum absolute atomic E-state index is 9.84. The summed E-state index contributed by atoms with van der Waals surface area (Å²) in [5, 5.41) is 14.2. The van der Waals surface area contributed by atoms with Crippen molar-refractivity contribution in [3.05, 3.63) is 36.1 Å². The largest absolute Gasteiger partial charge is 0.460 e. The van der Waals surface area contributed by atoms with E-state index in [0.717, 1.165) is 23.2 Å². The molecule has 0 amide bonds. The molecule has 98 valence electrons. The molecular weight excluding hydrogens is 226 g/mol. The van der Waals surface area contributed by atoms with E-state index in [1.54, 1.807) is 0 Å². The molecule has 0 radical (unpaired) electrons. The minimum atomic E-state index is -0.292. The van der Waals surface area contributed by atoms with Crippen molar-refractivity contribution >= 4 is 11.0 Å². The number of aliphatic hydroxyl groups excluding tert-OH is 1. The van der Waals surface area contributed by atoms with Crippen molar-refractivity contribution in [3.63, 3.8) is 0 Å². The minimum Gasteiger partial charge on any atom is -0.460 e. The van der Waals surface area contributed by atoms with Crippen LogP contribution in [0.5, 0.6) is 0 Å². The number of rotatable bonds is 6. The third kappa shape index (κ3) is 3.12. The molecular formula is C15H21NO2. The number of nitrogens with one attached hydrogen (secondary N) is 1. The van der Waals surface area contributed by atoms with Gasteiger partial charge in [0.25, 0.3) is 0 Å². The molecule has 0 saturated heterocycles. The van der Waals surface area contributed by atoms with Gasteiger partial charge in [0.2, 0.25) is 0 Å². The van der Waals surface area contributed by atoms with Crippen molar-refractivity contribution in [3.8, 4) is 0 Å². The van der Waals surface area contributed by atoms with Crippen LogP contribution in [0.25, 0.3) is 11.0 Å². The molecule has 18 heavy (non-hydrogen) atoms. The van der Waals surface area contributed by atoms with Crippen LogP contribution < -0.4 is 5.32 Å². The topological polar surface area (TPSA) is 45.4 Å². The van der Waals surface area contributed by atoms with E-state index in [-0.39, 0.29) is 6.10 Å². The fourth-order valence-electron chi connectivity index (χ4n) is 1.94. The molecule has 3 nitrogen and oxygen atoms in total. The maximum Gasteiger partial charge on any atom is 0.134 e. The third-order valence-electron chi connectivity index (χ3n) is 3.43. The van der Waals surface area contributed by atoms with E-state index in [4.69, 9.17) is 4.42 Å². The summed E-state index contributed by atoms with van der Waals surface area (Å²) in [7, 11) is 0. The van der Waals surface area contributed by atoms with Crippen LogP contribution in [-0.2, 0) is 6.54 Å². The number of benzene rings is 1. The van der Waals surface area contributed by atoms with Gasteiger partial charge in [-0.15, -0.1) is 0 Å². The molecule has 2 unspecified atom stereocenters. The quantitative estimate of drug-likeness (QED) is 0.825. The number of para-hydroxylation sites is 1. The van der Waals surface area contributed by atoms with Gasteiger partial charge in [0, 0.05) is 11.9 Å². The first-order valence-electron chi connectivity index (χ1n) is 6.57. The fraction of sp³-hybridized carbons (Fsp3) is 0.467. The molecule has 0 bridgehead atoms. The van der Waals surface area contributed by atoms with Gasteiger partial charge in [-0.1, -0.05) is 38.5 Å². The van der Waals surface area contributed by atoms with Crippen LogP contribution >= 0.6 is 0 Å². The lowest BCUT2D eigenvalue weighted by atomic mass is 10.0. The van der Waals surface area contributed by atoms with Crippen molar-refractivity contribution in [1.29, 1.82) is 0 Å². The van der Waals surface area contributed by atoms with Crippen LogP contribution in [0.1, 0.15) is 26.0 Å². The molecule has 2 rings (SSSR count). The zero-order valence-corrected chi connectivity index (χ0v) is 11.0. The van der Waals surface area contributed by atoms with E-state index in [2.05, 4.69) is 19.2 Å². The lowest BCUT2D eigenvalue weighted by molar-refractivity contribution is 0.112. The maximum atomic E-state index is 9.84. The molecule has 0 aliphatic heterocycles. The van der Waals surface area contributed by atoms with Crippen LogP contribution in [0.4, 0.5) is 0 Å². The van der Waals surface area contributed by atoms with E-state index in [0.29, 0.717) is 19.0 Å². The van der Waals surface area contributed by atoms with Gasteiger partial charge in [0.1, 0.15) is 11.3 Å². The van der Waals surface area contributed by atoms with E-state index in [1.807, 2.05) is 30.3 Å². The van der Waals surface area contributed by atoms with Crippen molar-refractivity contribution in [2.75, 3.05) is 6.54 Å². The predicted octanol–water partition coefficient (Wildman–Crippen LogP) is 2.93. The standard InChI is InChI=1S/C15H21NO2/c1-3-11(2)14(17)10-16-9-13-8-12-6-4-5-7-15(12)18-13/h4-8,11,14,16-17H,3,9-10H2,1-2H3. The van der Waals surface area contributed by atoms with Gasteiger partial charge in [-0.05, 0) is 18.1 Å². The SMILES string of the molecule is CCC(C)C(O)CNCc1cc2ccccc2o1. The second kappa shape index (κ2) is 6.03. The first kappa shape index (κ1) is 13.1. The van der Waals surface area contributed by atoms with Gasteiger partial charge in [0.15, 0.2) is 0 Å². The molecule has 3 heteroatoms. The van der Waals surface area contributed by atoms with E-state index >= 15 is 0 Å². The van der Waals surface area contributed by atoms with Crippen LogP contribution in [0.2, 0.25) is 0 Å². The van der Waals surface area contributed by atoms with Crippen LogP contribution in [0.15, 0.2) is 34.7 Å². The first-order valence-corrected chi connectivity index (χ1v) is 6.57. The summed E-state index contributed by atoms with van der Waals surface area (Å²) < 4.78 is 5.69. The predicted molar refractivity (Wildman–Crippen MR) is 73.4 cm³/mol. The second-order valence-electron chi connectivity index (χ2n) is 4.83. The van der Waals surface area contributed by atoms with Gasteiger partial charge >= 0.3 is 0 Å². The van der Waals surface area contributed by atoms with E-state index in [9.17, 15) is 5.11 Å².